The second kappa shape index (κ2) is 3.34. The monoisotopic (exact) mass is 157 g/mol. The van der Waals surface area contributed by atoms with Gasteiger partial charge in [0.05, 0.1) is 5.60 Å². The van der Waals surface area contributed by atoms with Crippen LogP contribution in [0.15, 0.2) is 12.2 Å². The van der Waals surface area contributed by atoms with Crippen molar-refractivity contribution in [2.75, 3.05) is 13.1 Å². The molecule has 1 heterocycles. The molecule has 3 nitrogen and oxygen atoms in total. The number of hydroxylamine groups is 2. The minimum atomic E-state index is -0.234. The molecule has 0 radical (unpaired) electrons. The van der Waals surface area contributed by atoms with Gasteiger partial charge in [0.2, 0.25) is 0 Å². The molecule has 1 rings (SSSR count). The molecule has 1 aliphatic rings. The zero-order valence-electron chi connectivity index (χ0n) is 7.33. The predicted molar refractivity (Wildman–Crippen MR) is 42.6 cm³/mol. The second-order valence-corrected chi connectivity index (χ2v) is 3.59. The van der Waals surface area contributed by atoms with Crippen LogP contribution in [0.4, 0.5) is 0 Å². The molecule has 3 heteroatoms. The third-order valence-electron chi connectivity index (χ3n) is 1.18. The first kappa shape index (κ1) is 8.71. The van der Waals surface area contributed by atoms with Gasteiger partial charge >= 0.3 is 0 Å². The van der Waals surface area contributed by atoms with Crippen molar-refractivity contribution in [1.29, 1.82) is 0 Å². The van der Waals surface area contributed by atoms with Gasteiger partial charge in [-0.05, 0) is 20.8 Å². The molecule has 0 unspecified atom stereocenters. The number of hydrogen-bond acceptors (Lipinski definition) is 3. The fourth-order valence-electron chi connectivity index (χ4n) is 0.684. The average molecular weight is 157 g/mol. The first-order chi connectivity index (χ1) is 5.08. The van der Waals surface area contributed by atoms with E-state index in [-0.39, 0.29) is 5.60 Å². The zero-order valence-corrected chi connectivity index (χ0v) is 7.33. The summed E-state index contributed by atoms with van der Waals surface area (Å²) in [6.45, 7) is 7.50. The van der Waals surface area contributed by atoms with Crippen molar-refractivity contribution >= 4 is 0 Å². The Morgan fingerprint density at radius 1 is 1.18 bits per heavy atom. The van der Waals surface area contributed by atoms with Crippen molar-refractivity contribution in [3.63, 3.8) is 0 Å². The van der Waals surface area contributed by atoms with Gasteiger partial charge in [-0.25, -0.2) is 4.89 Å². The van der Waals surface area contributed by atoms with Crippen LogP contribution in [-0.2, 0) is 9.88 Å². The lowest BCUT2D eigenvalue weighted by Gasteiger charge is -2.21. The summed E-state index contributed by atoms with van der Waals surface area (Å²) in [6, 6.07) is 0. The predicted octanol–water partition coefficient (Wildman–Crippen LogP) is 1.52. The van der Waals surface area contributed by atoms with Crippen LogP contribution < -0.4 is 0 Å². The number of nitrogens with zero attached hydrogens (tertiary/aromatic N) is 1. The summed E-state index contributed by atoms with van der Waals surface area (Å²) in [6.07, 6.45) is 4.10. The van der Waals surface area contributed by atoms with E-state index in [2.05, 4.69) is 0 Å². The lowest BCUT2D eigenvalue weighted by Crippen LogP contribution is -2.28. The quantitative estimate of drug-likeness (QED) is 0.344. The van der Waals surface area contributed by atoms with E-state index < -0.39 is 0 Å². The van der Waals surface area contributed by atoms with Crippen molar-refractivity contribution in [3.05, 3.63) is 12.2 Å². The van der Waals surface area contributed by atoms with Gasteiger partial charge in [0, 0.05) is 13.1 Å². The Morgan fingerprint density at radius 2 is 1.73 bits per heavy atom. The Balaban J connectivity index is 2.13. The Bertz CT molecular complexity index is 141. The first-order valence-electron chi connectivity index (χ1n) is 3.84. The topological polar surface area (TPSA) is 21.7 Å². The molecule has 0 amide bonds. The molecule has 0 N–H and O–H groups in total. The van der Waals surface area contributed by atoms with Crippen LogP contribution in [0.2, 0.25) is 0 Å². The third-order valence-corrected chi connectivity index (χ3v) is 1.18. The lowest BCUT2D eigenvalue weighted by molar-refractivity contribution is -0.455. The molecule has 64 valence electrons. The Kier molecular flexibility index (Phi) is 2.65. The van der Waals surface area contributed by atoms with Crippen LogP contribution in [0.25, 0.3) is 0 Å². The van der Waals surface area contributed by atoms with Gasteiger partial charge in [-0.15, -0.1) is 10.1 Å². The van der Waals surface area contributed by atoms with Crippen LogP contribution in [0.5, 0.6) is 0 Å². The summed E-state index contributed by atoms with van der Waals surface area (Å²) in [5, 5.41) is 1.76. The van der Waals surface area contributed by atoms with E-state index in [1.165, 1.54) is 0 Å². The Hall–Kier alpha value is -0.380. The van der Waals surface area contributed by atoms with Crippen LogP contribution in [0.1, 0.15) is 20.8 Å². The van der Waals surface area contributed by atoms with Crippen LogP contribution >= 0.6 is 0 Å². The summed E-state index contributed by atoms with van der Waals surface area (Å²) in [7, 11) is 0. The van der Waals surface area contributed by atoms with E-state index in [1.807, 2.05) is 32.9 Å². The third kappa shape index (κ3) is 3.51. The second-order valence-electron chi connectivity index (χ2n) is 3.59. The normalized spacial score (nSPS) is 19.5. The SMILES string of the molecule is CC(C)(C)OON1CC=CC1. The van der Waals surface area contributed by atoms with E-state index in [1.54, 1.807) is 5.06 Å². The van der Waals surface area contributed by atoms with Gasteiger partial charge in [0.1, 0.15) is 0 Å². The van der Waals surface area contributed by atoms with Crippen molar-refractivity contribution in [3.8, 4) is 0 Å². The van der Waals surface area contributed by atoms with Gasteiger partial charge in [0.25, 0.3) is 0 Å². The lowest BCUT2D eigenvalue weighted by atomic mass is 10.2. The van der Waals surface area contributed by atoms with E-state index in [0.29, 0.717) is 0 Å². The van der Waals surface area contributed by atoms with E-state index in [4.69, 9.17) is 9.88 Å². The minimum Gasteiger partial charge on any atom is -0.212 e. The van der Waals surface area contributed by atoms with Crippen LogP contribution in [-0.4, -0.2) is 23.8 Å². The van der Waals surface area contributed by atoms with Crippen molar-refractivity contribution in [2.24, 2.45) is 0 Å². The van der Waals surface area contributed by atoms with Crippen LogP contribution in [0.3, 0.4) is 0 Å². The maximum Gasteiger partial charge on any atom is 0.0972 e. The summed E-state index contributed by atoms with van der Waals surface area (Å²) in [5.74, 6) is 0. The molecule has 0 fully saturated rings. The summed E-state index contributed by atoms with van der Waals surface area (Å²) < 4.78 is 0. The molecule has 0 saturated carbocycles. The van der Waals surface area contributed by atoms with E-state index in [0.717, 1.165) is 13.1 Å². The highest BCUT2D eigenvalue weighted by molar-refractivity contribution is 4.92. The standard InChI is InChI=1S/C8H15NO2/c1-8(2,3)10-11-9-6-4-5-7-9/h4-5H,6-7H2,1-3H3. The van der Waals surface area contributed by atoms with Gasteiger partial charge < -0.3 is 0 Å². The molecule has 11 heavy (non-hydrogen) atoms. The summed E-state index contributed by atoms with van der Waals surface area (Å²) in [5.41, 5.74) is -0.234. The smallest absolute Gasteiger partial charge is 0.0972 e. The largest absolute Gasteiger partial charge is 0.212 e. The Labute approximate surface area is 67.5 Å². The molecule has 0 aromatic rings. The molecule has 0 aromatic heterocycles. The molecule has 0 spiro atoms. The highest BCUT2D eigenvalue weighted by Crippen LogP contribution is 2.10. The first-order valence-corrected chi connectivity index (χ1v) is 3.84. The minimum absolute atomic E-state index is 0.234. The molecule has 0 bridgehead atoms. The summed E-state index contributed by atoms with van der Waals surface area (Å²) >= 11 is 0. The fraction of sp³-hybridized carbons (Fsp3) is 0.750. The van der Waals surface area contributed by atoms with Gasteiger partial charge in [-0.3, -0.25) is 0 Å². The highest BCUT2D eigenvalue weighted by Gasteiger charge is 2.15. The van der Waals surface area contributed by atoms with E-state index in [9.17, 15) is 0 Å². The van der Waals surface area contributed by atoms with Crippen molar-refractivity contribution in [2.45, 2.75) is 26.4 Å². The van der Waals surface area contributed by atoms with Crippen molar-refractivity contribution < 1.29 is 9.88 Å². The Morgan fingerprint density at radius 3 is 2.18 bits per heavy atom. The van der Waals surface area contributed by atoms with Crippen LogP contribution in [0, 0.1) is 0 Å². The van der Waals surface area contributed by atoms with Gasteiger partial charge in [-0.2, -0.15) is 0 Å². The molecule has 0 saturated heterocycles. The molecule has 1 aliphatic heterocycles. The van der Waals surface area contributed by atoms with Gasteiger partial charge in [0.15, 0.2) is 0 Å². The fourth-order valence-corrected chi connectivity index (χ4v) is 0.684. The molecule has 0 aromatic carbocycles. The molecular weight excluding hydrogens is 142 g/mol. The number of rotatable bonds is 2. The maximum atomic E-state index is 5.10. The van der Waals surface area contributed by atoms with E-state index >= 15 is 0 Å². The summed E-state index contributed by atoms with van der Waals surface area (Å²) in [4.78, 5) is 10.1. The van der Waals surface area contributed by atoms with Crippen molar-refractivity contribution in [1.82, 2.24) is 5.06 Å². The molecular formula is C8H15NO2. The molecule has 0 aliphatic carbocycles. The maximum absolute atomic E-state index is 5.10. The average Bonchev–Trinajstić information content (AvgIpc) is 2.32. The number of hydrogen-bond donors (Lipinski definition) is 0. The van der Waals surface area contributed by atoms with Gasteiger partial charge in [-0.1, -0.05) is 12.2 Å². The zero-order chi connectivity index (χ0) is 8.32. The molecule has 0 atom stereocenters. The highest BCUT2D eigenvalue weighted by atomic mass is 17.3.